The van der Waals surface area contributed by atoms with Gasteiger partial charge in [0.15, 0.2) is 11.4 Å². The Morgan fingerprint density at radius 3 is 2.44 bits per heavy atom. The molecule has 272 valence electrons. The fraction of sp³-hybridized carbons (Fsp3) is 0.389. The highest BCUT2D eigenvalue weighted by Crippen LogP contribution is 2.26. The van der Waals surface area contributed by atoms with Gasteiger partial charge in [-0.1, -0.05) is 44.2 Å². The lowest BCUT2D eigenvalue weighted by Crippen LogP contribution is -2.48. The van der Waals surface area contributed by atoms with Crippen LogP contribution in [0.1, 0.15) is 94.4 Å². The molecule has 16 heteroatoms. The third kappa shape index (κ3) is 8.11. The van der Waals surface area contributed by atoms with Gasteiger partial charge >= 0.3 is 0 Å². The summed E-state index contributed by atoms with van der Waals surface area (Å²) in [6.07, 6.45) is 4.40. The molecule has 0 radical (unpaired) electrons. The highest BCUT2D eigenvalue weighted by Gasteiger charge is 2.43. The van der Waals surface area contributed by atoms with Crippen molar-refractivity contribution in [2.24, 2.45) is 5.92 Å². The average Bonchev–Trinajstić information content (AvgIpc) is 3.91. The number of pyridine rings is 1. The highest BCUT2D eigenvalue weighted by atomic mass is 16.5. The van der Waals surface area contributed by atoms with E-state index >= 15 is 0 Å². The third-order valence-electron chi connectivity index (χ3n) is 8.86. The second kappa shape index (κ2) is 15.4. The monoisotopic (exact) mass is 712 g/mol. The molecular weight excluding hydrogens is 672 g/mol. The van der Waals surface area contributed by atoms with Gasteiger partial charge in [-0.15, -0.1) is 0 Å². The van der Waals surface area contributed by atoms with Gasteiger partial charge in [-0.3, -0.25) is 24.0 Å². The summed E-state index contributed by atoms with van der Waals surface area (Å²) in [6.45, 7) is 5.45. The summed E-state index contributed by atoms with van der Waals surface area (Å²) in [6, 6.07) is 8.04. The summed E-state index contributed by atoms with van der Waals surface area (Å²) in [4.78, 5) is 82.5. The first-order valence-electron chi connectivity index (χ1n) is 17.0. The van der Waals surface area contributed by atoms with Gasteiger partial charge in [-0.2, -0.15) is 0 Å². The van der Waals surface area contributed by atoms with Gasteiger partial charge in [-0.05, 0) is 37.3 Å². The van der Waals surface area contributed by atoms with E-state index in [0.717, 1.165) is 11.8 Å². The fourth-order valence-corrected chi connectivity index (χ4v) is 6.26. The van der Waals surface area contributed by atoms with Crippen LogP contribution < -0.4 is 26.0 Å². The molecule has 3 aromatic heterocycles. The number of hydrogen-bond donors (Lipinski definition) is 4. The van der Waals surface area contributed by atoms with Crippen molar-refractivity contribution in [3.05, 3.63) is 95.5 Å². The number of carbonyl (C=O) groups excluding carboxylic acids is 5. The molecule has 4 bridgehead atoms. The van der Waals surface area contributed by atoms with Crippen molar-refractivity contribution in [2.45, 2.75) is 70.2 Å². The zero-order valence-corrected chi connectivity index (χ0v) is 29.1. The number of nitrogens with zero attached hydrogens (tertiary/aromatic N) is 4. The van der Waals surface area contributed by atoms with Crippen molar-refractivity contribution in [3.8, 4) is 5.88 Å². The molecule has 0 spiro atoms. The van der Waals surface area contributed by atoms with Crippen molar-refractivity contribution >= 4 is 29.5 Å². The van der Waals surface area contributed by atoms with Crippen molar-refractivity contribution in [3.63, 3.8) is 0 Å². The van der Waals surface area contributed by atoms with E-state index in [2.05, 4.69) is 36.2 Å². The van der Waals surface area contributed by atoms with E-state index in [9.17, 15) is 24.0 Å². The normalized spacial score (nSPS) is 22.5. The fourth-order valence-electron chi connectivity index (χ4n) is 6.26. The Hall–Kier alpha value is -6.06. The topological polar surface area (TPSA) is 211 Å². The van der Waals surface area contributed by atoms with E-state index in [-0.39, 0.29) is 59.9 Å². The number of amides is 5. The molecule has 2 aliphatic heterocycles. The van der Waals surface area contributed by atoms with E-state index in [1.54, 1.807) is 6.92 Å². The Morgan fingerprint density at radius 1 is 0.962 bits per heavy atom. The molecule has 0 aliphatic carbocycles. The van der Waals surface area contributed by atoms with Gasteiger partial charge < -0.3 is 39.7 Å². The molecule has 0 unspecified atom stereocenters. The van der Waals surface area contributed by atoms with E-state index in [4.69, 9.17) is 13.6 Å². The number of benzene rings is 1. The number of aromatic nitrogens is 3. The maximum Gasteiger partial charge on any atom is 0.276 e. The van der Waals surface area contributed by atoms with Gasteiger partial charge in [0.05, 0.1) is 7.11 Å². The van der Waals surface area contributed by atoms with Crippen LogP contribution in [0.2, 0.25) is 0 Å². The summed E-state index contributed by atoms with van der Waals surface area (Å²) in [7, 11) is 1.44. The number of ether oxygens (including phenoxy) is 1. The SMILES string of the molecule is COc1cc(C(=O)N[C@H]2C[C@H]3C(=O)N[C@@H](Cc4ccccc4)c4nc(co4)C(=O)N[C@H](CC(C)C)C(=O)N[C@H](C)c4nc(co4)C(=O)N3C2)ccn1. The molecule has 1 fully saturated rings. The van der Waals surface area contributed by atoms with Crippen LogP contribution in [0.5, 0.6) is 5.88 Å². The van der Waals surface area contributed by atoms with Crippen LogP contribution in [0, 0.1) is 5.92 Å². The summed E-state index contributed by atoms with van der Waals surface area (Å²) >= 11 is 0. The zero-order chi connectivity index (χ0) is 36.9. The molecule has 52 heavy (non-hydrogen) atoms. The molecule has 6 rings (SSSR count). The van der Waals surface area contributed by atoms with Crippen molar-refractivity contribution in [2.75, 3.05) is 13.7 Å². The first-order chi connectivity index (χ1) is 25.0. The highest BCUT2D eigenvalue weighted by molar-refractivity contribution is 5.98. The van der Waals surface area contributed by atoms with Gasteiger partial charge in [-0.25, -0.2) is 15.0 Å². The minimum absolute atomic E-state index is 0.0249. The maximum absolute atomic E-state index is 14.2. The van der Waals surface area contributed by atoms with Crippen LogP contribution in [0.15, 0.2) is 70.0 Å². The molecule has 1 saturated heterocycles. The average molecular weight is 713 g/mol. The summed E-state index contributed by atoms with van der Waals surface area (Å²) in [5, 5.41) is 11.4. The minimum atomic E-state index is -1.06. The second-order valence-electron chi connectivity index (χ2n) is 13.2. The van der Waals surface area contributed by atoms with Crippen LogP contribution in [0.25, 0.3) is 0 Å². The van der Waals surface area contributed by atoms with Crippen LogP contribution in [0.4, 0.5) is 0 Å². The second-order valence-corrected chi connectivity index (χ2v) is 13.2. The molecule has 5 atom stereocenters. The smallest absolute Gasteiger partial charge is 0.276 e. The quantitative estimate of drug-likeness (QED) is 0.219. The predicted molar refractivity (Wildman–Crippen MR) is 183 cm³/mol. The first kappa shape index (κ1) is 35.8. The van der Waals surface area contributed by atoms with Crippen LogP contribution >= 0.6 is 0 Å². The van der Waals surface area contributed by atoms with Gasteiger partial charge in [0.25, 0.3) is 17.7 Å². The minimum Gasteiger partial charge on any atom is -0.481 e. The van der Waals surface area contributed by atoms with Crippen LogP contribution in [0.3, 0.4) is 0 Å². The van der Waals surface area contributed by atoms with Crippen LogP contribution in [-0.2, 0) is 16.0 Å². The summed E-state index contributed by atoms with van der Waals surface area (Å²) in [5.74, 6) is -2.31. The lowest BCUT2D eigenvalue weighted by atomic mass is 10.0. The van der Waals surface area contributed by atoms with Crippen molar-refractivity contribution in [1.82, 2.24) is 41.1 Å². The van der Waals surface area contributed by atoms with Crippen LogP contribution in [-0.4, -0.2) is 81.2 Å². The van der Waals surface area contributed by atoms with Gasteiger partial charge in [0, 0.05) is 36.8 Å². The number of nitrogens with one attached hydrogen (secondary N) is 4. The van der Waals surface area contributed by atoms with E-state index < -0.39 is 59.7 Å². The third-order valence-corrected chi connectivity index (χ3v) is 8.86. The Kier molecular flexibility index (Phi) is 10.6. The molecule has 5 heterocycles. The molecule has 4 aromatic rings. The maximum atomic E-state index is 14.2. The van der Waals surface area contributed by atoms with Gasteiger partial charge in [0.1, 0.15) is 36.7 Å². The van der Waals surface area contributed by atoms with Crippen molar-refractivity contribution < 1.29 is 37.5 Å². The van der Waals surface area contributed by atoms with Gasteiger partial charge in [0.2, 0.25) is 29.5 Å². The Morgan fingerprint density at radius 2 is 1.69 bits per heavy atom. The molecule has 0 saturated carbocycles. The zero-order valence-electron chi connectivity index (χ0n) is 29.1. The Bertz CT molecular complexity index is 1940. The first-order valence-corrected chi connectivity index (χ1v) is 17.0. The lowest BCUT2D eigenvalue weighted by Gasteiger charge is -2.25. The van der Waals surface area contributed by atoms with E-state index in [1.807, 2.05) is 44.2 Å². The lowest BCUT2D eigenvalue weighted by molar-refractivity contribution is -0.126. The molecule has 4 N–H and O–H groups in total. The van der Waals surface area contributed by atoms with E-state index in [0.29, 0.717) is 6.42 Å². The van der Waals surface area contributed by atoms with E-state index in [1.165, 1.54) is 36.6 Å². The standard InChI is InChI=1S/C36H40N8O8/c1-19(2)12-24-31(46)38-20(3)34-43-27(18-51-34)36(49)44-16-23(39-30(45)22-10-11-37-29(14-22)50-4)15-28(44)33(48)41-25(13-21-8-6-5-7-9-21)35-42-26(17-52-35)32(47)40-24/h5-11,14,17-20,23-25,28H,12-13,15-16H2,1-4H3,(H,38,46)(H,39,45)(H,40,47)(H,41,48)/t20-,23+,24-,25+,28+/m1/s1. The Balaban J connectivity index is 1.35. The molecule has 2 aliphatic rings. The Labute approximate surface area is 299 Å². The number of carbonyl (C=O) groups is 5. The number of oxazole rings is 2. The van der Waals surface area contributed by atoms with Crippen molar-refractivity contribution in [1.29, 1.82) is 0 Å². The molecule has 16 nitrogen and oxygen atoms in total. The largest absolute Gasteiger partial charge is 0.481 e. The summed E-state index contributed by atoms with van der Waals surface area (Å²) < 4.78 is 16.5. The number of rotatable bonds is 7. The molecule has 5 amide bonds. The number of methoxy groups -OCH3 is 1. The predicted octanol–water partition coefficient (Wildman–Crippen LogP) is 2.51. The number of fused-ring (bicyclic) bond motifs is 5. The number of hydrogen-bond acceptors (Lipinski definition) is 11. The summed E-state index contributed by atoms with van der Waals surface area (Å²) in [5.41, 5.74) is 0.957. The molecular formula is C36H40N8O8. The molecule has 1 aromatic carbocycles.